The van der Waals surface area contributed by atoms with Crippen LogP contribution in [0.2, 0.25) is 10.0 Å². The molecule has 1 aromatic rings. The Labute approximate surface area is 128 Å². The average Bonchev–Trinajstić information content (AvgIpc) is 3.27. The van der Waals surface area contributed by atoms with Crippen molar-refractivity contribution in [1.82, 2.24) is 9.80 Å². The lowest BCUT2D eigenvalue weighted by Crippen LogP contribution is -2.50. The first kappa shape index (κ1) is 14.0. The molecule has 0 radical (unpaired) electrons. The van der Waals surface area contributed by atoms with E-state index in [0.717, 1.165) is 32.2 Å². The van der Waals surface area contributed by atoms with E-state index in [1.165, 1.54) is 12.8 Å². The molecule has 0 aromatic heterocycles. The number of halogens is 2. The molecule has 1 N–H and O–H groups in total. The van der Waals surface area contributed by atoms with Gasteiger partial charge in [-0.25, -0.2) is 4.79 Å². The molecule has 0 spiro atoms. The zero-order valence-corrected chi connectivity index (χ0v) is 12.6. The first-order chi connectivity index (χ1) is 9.63. The van der Waals surface area contributed by atoms with Crippen molar-refractivity contribution in [3.8, 4) is 0 Å². The van der Waals surface area contributed by atoms with Crippen molar-refractivity contribution >= 4 is 34.9 Å². The van der Waals surface area contributed by atoms with E-state index in [2.05, 4.69) is 10.2 Å². The molecule has 1 aromatic carbocycles. The van der Waals surface area contributed by atoms with E-state index in [0.29, 0.717) is 15.7 Å². The summed E-state index contributed by atoms with van der Waals surface area (Å²) in [6.07, 6.45) is 2.62. The van der Waals surface area contributed by atoms with Crippen LogP contribution < -0.4 is 5.32 Å². The van der Waals surface area contributed by atoms with Gasteiger partial charge in [0.2, 0.25) is 0 Å². The number of hydrogen-bond acceptors (Lipinski definition) is 2. The molecule has 6 heteroatoms. The van der Waals surface area contributed by atoms with Crippen molar-refractivity contribution in [3.63, 3.8) is 0 Å². The predicted octanol–water partition coefficient (Wildman–Crippen LogP) is 3.31. The van der Waals surface area contributed by atoms with Crippen LogP contribution in [0.3, 0.4) is 0 Å². The van der Waals surface area contributed by atoms with E-state index in [4.69, 9.17) is 23.2 Å². The summed E-state index contributed by atoms with van der Waals surface area (Å²) in [5, 5.41) is 3.89. The van der Waals surface area contributed by atoms with Gasteiger partial charge in [0.25, 0.3) is 0 Å². The minimum absolute atomic E-state index is 0.107. The number of carbonyl (C=O) groups is 1. The first-order valence-electron chi connectivity index (χ1n) is 6.88. The maximum absolute atomic E-state index is 12.2. The SMILES string of the molecule is O=C(Nc1cc(Cl)ccc1Cl)N1CCN(C2CC2)CC1. The summed E-state index contributed by atoms with van der Waals surface area (Å²) in [5.74, 6) is 0. The summed E-state index contributed by atoms with van der Waals surface area (Å²) in [7, 11) is 0. The standard InChI is InChI=1S/C14H17Cl2N3O/c15-10-1-4-12(16)13(9-10)17-14(20)19-7-5-18(6-8-19)11-2-3-11/h1,4,9,11H,2-3,5-8H2,(H,17,20). The number of nitrogens with zero attached hydrogens (tertiary/aromatic N) is 2. The summed E-state index contributed by atoms with van der Waals surface area (Å²) in [4.78, 5) is 16.5. The zero-order valence-electron chi connectivity index (χ0n) is 11.1. The number of amides is 2. The third-order valence-electron chi connectivity index (χ3n) is 3.83. The minimum Gasteiger partial charge on any atom is -0.322 e. The van der Waals surface area contributed by atoms with Crippen LogP contribution in [0.15, 0.2) is 18.2 Å². The molecule has 1 aliphatic heterocycles. The van der Waals surface area contributed by atoms with E-state index in [-0.39, 0.29) is 6.03 Å². The average molecular weight is 314 g/mol. The lowest BCUT2D eigenvalue weighted by molar-refractivity contribution is 0.142. The van der Waals surface area contributed by atoms with Crippen LogP contribution in [0.25, 0.3) is 0 Å². The van der Waals surface area contributed by atoms with E-state index in [9.17, 15) is 4.79 Å². The van der Waals surface area contributed by atoms with Crippen molar-refractivity contribution in [3.05, 3.63) is 28.2 Å². The molecule has 1 heterocycles. The van der Waals surface area contributed by atoms with Crippen LogP contribution in [-0.4, -0.2) is 48.1 Å². The molecule has 108 valence electrons. The lowest BCUT2D eigenvalue weighted by atomic mass is 10.3. The molecule has 2 fully saturated rings. The second-order valence-electron chi connectivity index (χ2n) is 5.31. The van der Waals surface area contributed by atoms with Gasteiger partial charge in [0.15, 0.2) is 0 Å². The third kappa shape index (κ3) is 3.19. The van der Waals surface area contributed by atoms with Gasteiger partial charge in [-0.1, -0.05) is 23.2 Å². The van der Waals surface area contributed by atoms with E-state index in [1.54, 1.807) is 18.2 Å². The topological polar surface area (TPSA) is 35.6 Å². The number of anilines is 1. The Morgan fingerprint density at radius 3 is 2.50 bits per heavy atom. The zero-order chi connectivity index (χ0) is 14.1. The van der Waals surface area contributed by atoms with Gasteiger partial charge in [-0.2, -0.15) is 0 Å². The molecule has 3 rings (SSSR count). The van der Waals surface area contributed by atoms with Gasteiger partial charge in [-0.3, -0.25) is 4.90 Å². The van der Waals surface area contributed by atoms with Gasteiger partial charge in [-0.15, -0.1) is 0 Å². The molecule has 2 aliphatic rings. The highest BCUT2D eigenvalue weighted by Gasteiger charge is 2.32. The van der Waals surface area contributed by atoms with Gasteiger partial charge >= 0.3 is 6.03 Å². The van der Waals surface area contributed by atoms with Gasteiger partial charge in [0.05, 0.1) is 10.7 Å². The number of hydrogen-bond donors (Lipinski definition) is 1. The quantitative estimate of drug-likeness (QED) is 0.909. The Morgan fingerprint density at radius 1 is 1.15 bits per heavy atom. The molecule has 4 nitrogen and oxygen atoms in total. The molecule has 0 atom stereocenters. The van der Waals surface area contributed by atoms with Gasteiger partial charge < -0.3 is 10.2 Å². The van der Waals surface area contributed by atoms with Crippen LogP contribution in [0.4, 0.5) is 10.5 Å². The van der Waals surface area contributed by atoms with Crippen molar-refractivity contribution in [2.75, 3.05) is 31.5 Å². The summed E-state index contributed by atoms with van der Waals surface area (Å²) in [5.41, 5.74) is 0.564. The van der Waals surface area contributed by atoms with Crippen LogP contribution in [0.1, 0.15) is 12.8 Å². The van der Waals surface area contributed by atoms with Crippen molar-refractivity contribution < 1.29 is 4.79 Å². The summed E-state index contributed by atoms with van der Waals surface area (Å²) >= 11 is 12.0. The Morgan fingerprint density at radius 2 is 1.85 bits per heavy atom. The van der Waals surface area contributed by atoms with Gasteiger partial charge in [-0.05, 0) is 31.0 Å². The first-order valence-corrected chi connectivity index (χ1v) is 7.64. The normalized spacial score (nSPS) is 20.0. The third-order valence-corrected chi connectivity index (χ3v) is 4.40. The number of piperazine rings is 1. The molecule has 0 unspecified atom stereocenters. The van der Waals surface area contributed by atoms with Gasteiger partial charge in [0.1, 0.15) is 0 Å². The van der Waals surface area contributed by atoms with E-state index < -0.39 is 0 Å². The number of rotatable bonds is 2. The molecule has 20 heavy (non-hydrogen) atoms. The second kappa shape index (κ2) is 5.80. The van der Waals surface area contributed by atoms with Crippen LogP contribution in [-0.2, 0) is 0 Å². The Hall–Kier alpha value is -0.970. The number of urea groups is 1. The van der Waals surface area contributed by atoms with Crippen LogP contribution in [0, 0.1) is 0 Å². The van der Waals surface area contributed by atoms with Crippen LogP contribution in [0.5, 0.6) is 0 Å². The highest BCUT2D eigenvalue weighted by atomic mass is 35.5. The molecule has 2 amide bonds. The monoisotopic (exact) mass is 313 g/mol. The molecule has 1 saturated carbocycles. The summed E-state index contributed by atoms with van der Waals surface area (Å²) in [6, 6.07) is 5.72. The molecular formula is C14H17Cl2N3O. The van der Waals surface area contributed by atoms with Crippen LogP contribution >= 0.6 is 23.2 Å². The maximum Gasteiger partial charge on any atom is 0.321 e. The van der Waals surface area contributed by atoms with Crippen molar-refractivity contribution in [1.29, 1.82) is 0 Å². The fourth-order valence-electron chi connectivity index (χ4n) is 2.52. The highest BCUT2D eigenvalue weighted by Crippen LogP contribution is 2.28. The van der Waals surface area contributed by atoms with E-state index in [1.807, 2.05) is 4.90 Å². The smallest absolute Gasteiger partial charge is 0.321 e. The fourth-order valence-corrected chi connectivity index (χ4v) is 2.85. The van der Waals surface area contributed by atoms with Gasteiger partial charge in [0, 0.05) is 37.2 Å². The number of benzene rings is 1. The largest absolute Gasteiger partial charge is 0.322 e. The van der Waals surface area contributed by atoms with Crippen molar-refractivity contribution in [2.45, 2.75) is 18.9 Å². The summed E-state index contributed by atoms with van der Waals surface area (Å²) < 4.78 is 0. The fraction of sp³-hybridized carbons (Fsp3) is 0.500. The minimum atomic E-state index is -0.107. The summed E-state index contributed by atoms with van der Waals surface area (Å²) in [6.45, 7) is 3.45. The van der Waals surface area contributed by atoms with E-state index >= 15 is 0 Å². The molecule has 1 saturated heterocycles. The van der Waals surface area contributed by atoms with Crippen molar-refractivity contribution in [2.24, 2.45) is 0 Å². The second-order valence-corrected chi connectivity index (χ2v) is 6.15. The number of carbonyl (C=O) groups excluding carboxylic acids is 1. The Kier molecular flexibility index (Phi) is 4.06. The molecule has 1 aliphatic carbocycles. The molecular weight excluding hydrogens is 297 g/mol. The Bertz CT molecular complexity index is 511. The lowest BCUT2D eigenvalue weighted by Gasteiger charge is -2.34. The maximum atomic E-state index is 12.2. The molecule has 0 bridgehead atoms. The predicted molar refractivity (Wildman–Crippen MR) is 81.6 cm³/mol. The highest BCUT2D eigenvalue weighted by molar-refractivity contribution is 6.35. The number of nitrogens with one attached hydrogen (secondary N) is 1. The Balaban J connectivity index is 1.57.